The molecule has 0 atom stereocenters. The fourth-order valence-corrected chi connectivity index (χ4v) is 2.09. The monoisotopic (exact) mass is 319 g/mol. The van der Waals surface area contributed by atoms with Crippen LogP contribution in [0.5, 0.6) is 0 Å². The maximum atomic E-state index is 5.60. The standard InChI is InChI=1S/C15H18BrN3/c1-11-7-15(18-9-14(11)16)19(2)10-13-5-3-12(8-17)4-6-13/h3-7,9H,8,10,17H2,1-2H3. The Labute approximate surface area is 122 Å². The summed E-state index contributed by atoms with van der Waals surface area (Å²) in [5, 5.41) is 0. The van der Waals surface area contributed by atoms with E-state index in [2.05, 4.69) is 63.1 Å². The highest BCUT2D eigenvalue weighted by atomic mass is 79.9. The third kappa shape index (κ3) is 3.55. The Hall–Kier alpha value is -1.39. The first kappa shape index (κ1) is 14.0. The number of hydrogen-bond acceptors (Lipinski definition) is 3. The molecule has 0 unspecified atom stereocenters. The quantitative estimate of drug-likeness (QED) is 0.940. The van der Waals surface area contributed by atoms with Gasteiger partial charge in [-0.25, -0.2) is 4.98 Å². The predicted octanol–water partition coefficient (Wildman–Crippen LogP) is 3.25. The van der Waals surface area contributed by atoms with E-state index in [-0.39, 0.29) is 0 Å². The molecule has 0 aliphatic carbocycles. The van der Waals surface area contributed by atoms with Crippen molar-refractivity contribution in [3.63, 3.8) is 0 Å². The molecule has 100 valence electrons. The van der Waals surface area contributed by atoms with Crippen LogP contribution in [0.2, 0.25) is 0 Å². The molecule has 1 heterocycles. The molecule has 0 spiro atoms. The molecule has 0 radical (unpaired) electrons. The lowest BCUT2D eigenvalue weighted by Crippen LogP contribution is -2.17. The molecular weight excluding hydrogens is 302 g/mol. The summed E-state index contributed by atoms with van der Waals surface area (Å²) >= 11 is 3.47. The molecule has 2 N–H and O–H groups in total. The van der Waals surface area contributed by atoms with Crippen LogP contribution in [-0.4, -0.2) is 12.0 Å². The minimum absolute atomic E-state index is 0.587. The number of pyridine rings is 1. The van der Waals surface area contributed by atoms with Gasteiger partial charge in [0, 0.05) is 30.8 Å². The van der Waals surface area contributed by atoms with Gasteiger partial charge in [0.15, 0.2) is 0 Å². The summed E-state index contributed by atoms with van der Waals surface area (Å²) in [5.74, 6) is 0.976. The van der Waals surface area contributed by atoms with Crippen LogP contribution in [0.1, 0.15) is 16.7 Å². The van der Waals surface area contributed by atoms with Crippen LogP contribution in [0.3, 0.4) is 0 Å². The largest absolute Gasteiger partial charge is 0.355 e. The average Bonchev–Trinajstić information content (AvgIpc) is 2.42. The number of anilines is 1. The van der Waals surface area contributed by atoms with Crippen LogP contribution < -0.4 is 10.6 Å². The van der Waals surface area contributed by atoms with Crippen LogP contribution in [0, 0.1) is 6.92 Å². The second-order valence-electron chi connectivity index (χ2n) is 4.67. The zero-order valence-electron chi connectivity index (χ0n) is 11.2. The smallest absolute Gasteiger partial charge is 0.128 e. The summed E-state index contributed by atoms with van der Waals surface area (Å²) in [7, 11) is 2.05. The van der Waals surface area contributed by atoms with Crippen molar-refractivity contribution in [1.82, 2.24) is 4.98 Å². The van der Waals surface area contributed by atoms with Gasteiger partial charge in [-0.3, -0.25) is 0 Å². The average molecular weight is 320 g/mol. The summed E-state index contributed by atoms with van der Waals surface area (Å²) in [6, 6.07) is 10.5. The zero-order chi connectivity index (χ0) is 13.8. The van der Waals surface area contributed by atoms with Crippen molar-refractivity contribution < 1.29 is 0 Å². The molecule has 19 heavy (non-hydrogen) atoms. The number of rotatable bonds is 4. The molecule has 0 saturated heterocycles. The minimum atomic E-state index is 0.587. The van der Waals surface area contributed by atoms with Crippen molar-refractivity contribution in [2.24, 2.45) is 5.73 Å². The van der Waals surface area contributed by atoms with Crippen LogP contribution in [0.4, 0.5) is 5.82 Å². The van der Waals surface area contributed by atoms with E-state index < -0.39 is 0 Å². The highest BCUT2D eigenvalue weighted by Crippen LogP contribution is 2.20. The number of aryl methyl sites for hydroxylation is 1. The van der Waals surface area contributed by atoms with Crippen LogP contribution in [-0.2, 0) is 13.1 Å². The van der Waals surface area contributed by atoms with E-state index >= 15 is 0 Å². The van der Waals surface area contributed by atoms with E-state index in [1.807, 2.05) is 13.2 Å². The molecule has 2 aromatic rings. The fourth-order valence-electron chi connectivity index (χ4n) is 1.87. The van der Waals surface area contributed by atoms with E-state index in [4.69, 9.17) is 5.73 Å². The van der Waals surface area contributed by atoms with E-state index in [0.717, 1.165) is 22.4 Å². The summed E-state index contributed by atoms with van der Waals surface area (Å²) in [6.45, 7) is 3.49. The molecule has 0 aliphatic rings. The molecule has 0 amide bonds. The normalized spacial score (nSPS) is 10.5. The van der Waals surface area contributed by atoms with Crippen molar-refractivity contribution in [2.45, 2.75) is 20.0 Å². The molecule has 1 aromatic carbocycles. The van der Waals surface area contributed by atoms with Crippen LogP contribution >= 0.6 is 15.9 Å². The molecule has 0 bridgehead atoms. The van der Waals surface area contributed by atoms with Crippen LogP contribution in [0.15, 0.2) is 41.0 Å². The van der Waals surface area contributed by atoms with Gasteiger partial charge in [-0.05, 0) is 45.6 Å². The van der Waals surface area contributed by atoms with Crippen molar-refractivity contribution in [2.75, 3.05) is 11.9 Å². The van der Waals surface area contributed by atoms with Crippen molar-refractivity contribution in [3.05, 3.63) is 57.7 Å². The Balaban J connectivity index is 2.10. The van der Waals surface area contributed by atoms with Gasteiger partial charge in [0.05, 0.1) is 0 Å². The first-order valence-electron chi connectivity index (χ1n) is 6.21. The van der Waals surface area contributed by atoms with Gasteiger partial charge in [0.25, 0.3) is 0 Å². The Morgan fingerprint density at radius 2 is 1.84 bits per heavy atom. The van der Waals surface area contributed by atoms with E-state index in [1.54, 1.807) is 0 Å². The first-order valence-corrected chi connectivity index (χ1v) is 7.00. The van der Waals surface area contributed by atoms with E-state index in [9.17, 15) is 0 Å². The van der Waals surface area contributed by atoms with Gasteiger partial charge in [0.1, 0.15) is 5.82 Å². The molecular formula is C15H18BrN3. The fraction of sp³-hybridized carbons (Fsp3) is 0.267. The molecule has 4 heteroatoms. The first-order chi connectivity index (χ1) is 9.10. The number of benzene rings is 1. The molecule has 0 fully saturated rings. The van der Waals surface area contributed by atoms with E-state index in [1.165, 1.54) is 11.1 Å². The predicted molar refractivity (Wildman–Crippen MR) is 83.1 cm³/mol. The lowest BCUT2D eigenvalue weighted by atomic mass is 10.1. The highest BCUT2D eigenvalue weighted by molar-refractivity contribution is 9.10. The third-order valence-corrected chi connectivity index (χ3v) is 3.93. The topological polar surface area (TPSA) is 42.1 Å². The van der Waals surface area contributed by atoms with Gasteiger partial charge < -0.3 is 10.6 Å². The summed E-state index contributed by atoms with van der Waals surface area (Å²) in [4.78, 5) is 6.56. The molecule has 1 aromatic heterocycles. The number of nitrogens with two attached hydrogens (primary N) is 1. The highest BCUT2D eigenvalue weighted by Gasteiger charge is 2.05. The number of nitrogens with zero attached hydrogens (tertiary/aromatic N) is 2. The number of hydrogen-bond donors (Lipinski definition) is 1. The maximum absolute atomic E-state index is 5.60. The number of halogens is 1. The minimum Gasteiger partial charge on any atom is -0.355 e. The lowest BCUT2D eigenvalue weighted by Gasteiger charge is -2.19. The zero-order valence-corrected chi connectivity index (χ0v) is 12.8. The summed E-state index contributed by atoms with van der Waals surface area (Å²) in [6.07, 6.45) is 1.85. The van der Waals surface area contributed by atoms with Gasteiger partial charge in [0.2, 0.25) is 0 Å². The van der Waals surface area contributed by atoms with Crippen molar-refractivity contribution in [1.29, 1.82) is 0 Å². The Morgan fingerprint density at radius 3 is 2.42 bits per heavy atom. The van der Waals surface area contributed by atoms with Gasteiger partial charge in [-0.1, -0.05) is 24.3 Å². The van der Waals surface area contributed by atoms with Gasteiger partial charge in [-0.2, -0.15) is 0 Å². The maximum Gasteiger partial charge on any atom is 0.128 e. The number of aromatic nitrogens is 1. The molecule has 0 aliphatic heterocycles. The van der Waals surface area contributed by atoms with Crippen molar-refractivity contribution >= 4 is 21.7 Å². The second-order valence-corrected chi connectivity index (χ2v) is 5.52. The Kier molecular flexibility index (Phi) is 4.56. The summed E-state index contributed by atoms with van der Waals surface area (Å²) in [5.41, 5.74) is 9.20. The molecule has 0 saturated carbocycles. The Bertz CT molecular complexity index is 552. The van der Waals surface area contributed by atoms with Crippen LogP contribution in [0.25, 0.3) is 0 Å². The molecule has 3 nitrogen and oxygen atoms in total. The SMILES string of the molecule is Cc1cc(N(C)Cc2ccc(CN)cc2)ncc1Br. The van der Waals surface area contributed by atoms with Gasteiger partial charge >= 0.3 is 0 Å². The van der Waals surface area contributed by atoms with Crippen molar-refractivity contribution in [3.8, 4) is 0 Å². The lowest BCUT2D eigenvalue weighted by molar-refractivity contribution is 0.893. The summed E-state index contributed by atoms with van der Waals surface area (Å²) < 4.78 is 1.04. The van der Waals surface area contributed by atoms with E-state index in [0.29, 0.717) is 6.54 Å². The third-order valence-electron chi connectivity index (χ3n) is 3.10. The van der Waals surface area contributed by atoms with Gasteiger partial charge in [-0.15, -0.1) is 0 Å². The Morgan fingerprint density at radius 1 is 1.21 bits per heavy atom. The molecule has 2 rings (SSSR count). The second kappa shape index (κ2) is 6.17.